The fourth-order valence-corrected chi connectivity index (χ4v) is 4.38. The molecule has 5 nitrogen and oxygen atoms in total. The van der Waals surface area contributed by atoms with Crippen molar-refractivity contribution in [2.24, 2.45) is 7.05 Å². The Morgan fingerprint density at radius 2 is 1.86 bits per heavy atom. The van der Waals surface area contributed by atoms with Gasteiger partial charge in [-0.05, 0) is 68.0 Å². The normalized spacial score (nSPS) is 14.0. The Bertz CT molecular complexity index is 1260. The molecule has 0 radical (unpaired) electrons. The summed E-state index contributed by atoms with van der Waals surface area (Å²) >= 11 is 0. The van der Waals surface area contributed by atoms with E-state index in [-0.39, 0.29) is 5.56 Å². The van der Waals surface area contributed by atoms with Crippen LogP contribution in [0.2, 0.25) is 0 Å². The molecule has 5 rings (SSSR count). The molecule has 1 aliphatic rings. The molecular formula is C24H24N4O. The fourth-order valence-electron chi connectivity index (χ4n) is 4.38. The Kier molecular flexibility index (Phi) is 4.31. The largest absolute Gasteiger partial charge is 0.332 e. The van der Waals surface area contributed by atoms with Gasteiger partial charge in [0, 0.05) is 42.2 Å². The molecule has 0 atom stereocenters. The molecule has 0 amide bonds. The van der Waals surface area contributed by atoms with Gasteiger partial charge >= 0.3 is 0 Å². The SMILES string of the molecule is Cc1ccc(-c2ccn(-c3ccc4c5c(n(C)c4n3)CCCCC5)c(=O)c2)nc1. The molecule has 146 valence electrons. The van der Waals surface area contributed by atoms with Gasteiger partial charge in [-0.25, -0.2) is 4.98 Å². The number of aromatic nitrogens is 4. The third-order valence-electron chi connectivity index (χ3n) is 5.97. The van der Waals surface area contributed by atoms with Crippen molar-refractivity contribution in [2.45, 2.75) is 39.0 Å². The molecule has 5 heteroatoms. The molecular weight excluding hydrogens is 360 g/mol. The van der Waals surface area contributed by atoms with Crippen molar-refractivity contribution in [3.05, 3.63) is 76.0 Å². The first kappa shape index (κ1) is 17.9. The maximum atomic E-state index is 12.8. The van der Waals surface area contributed by atoms with E-state index < -0.39 is 0 Å². The summed E-state index contributed by atoms with van der Waals surface area (Å²) in [6.07, 6.45) is 9.59. The summed E-state index contributed by atoms with van der Waals surface area (Å²) in [5, 5.41) is 1.22. The Balaban J connectivity index is 1.58. The van der Waals surface area contributed by atoms with E-state index in [0.717, 1.165) is 35.3 Å². The molecule has 0 aliphatic heterocycles. The van der Waals surface area contributed by atoms with Gasteiger partial charge < -0.3 is 4.57 Å². The zero-order chi connectivity index (χ0) is 20.0. The second-order valence-electron chi connectivity index (χ2n) is 7.93. The minimum Gasteiger partial charge on any atom is -0.332 e. The van der Waals surface area contributed by atoms with Crippen molar-refractivity contribution >= 4 is 11.0 Å². The molecule has 0 unspecified atom stereocenters. The summed E-state index contributed by atoms with van der Waals surface area (Å²) in [5.74, 6) is 0.654. The predicted octanol–water partition coefficient (Wildman–Crippen LogP) is 4.36. The first-order chi connectivity index (χ1) is 14.1. The lowest BCUT2D eigenvalue weighted by Gasteiger charge is -2.08. The van der Waals surface area contributed by atoms with Crippen LogP contribution in [-0.2, 0) is 19.9 Å². The van der Waals surface area contributed by atoms with Gasteiger partial charge in [0.05, 0.1) is 5.69 Å². The van der Waals surface area contributed by atoms with Gasteiger partial charge in [-0.2, -0.15) is 0 Å². The van der Waals surface area contributed by atoms with E-state index in [1.165, 1.54) is 35.9 Å². The summed E-state index contributed by atoms with van der Waals surface area (Å²) in [7, 11) is 2.10. The van der Waals surface area contributed by atoms with Crippen LogP contribution in [0.3, 0.4) is 0 Å². The highest BCUT2D eigenvalue weighted by Crippen LogP contribution is 2.30. The molecule has 1 aliphatic carbocycles. The summed E-state index contributed by atoms with van der Waals surface area (Å²) < 4.78 is 3.82. The van der Waals surface area contributed by atoms with E-state index in [1.807, 2.05) is 37.4 Å². The van der Waals surface area contributed by atoms with Gasteiger partial charge in [0.25, 0.3) is 5.56 Å². The Morgan fingerprint density at radius 1 is 1.00 bits per heavy atom. The van der Waals surface area contributed by atoms with Crippen molar-refractivity contribution < 1.29 is 0 Å². The van der Waals surface area contributed by atoms with Crippen LogP contribution in [0.4, 0.5) is 0 Å². The van der Waals surface area contributed by atoms with Crippen molar-refractivity contribution in [2.75, 3.05) is 0 Å². The lowest BCUT2D eigenvalue weighted by atomic mass is 10.1. The second-order valence-corrected chi connectivity index (χ2v) is 7.93. The molecule has 0 saturated carbocycles. The van der Waals surface area contributed by atoms with Gasteiger partial charge in [-0.15, -0.1) is 0 Å². The minimum atomic E-state index is -0.104. The van der Waals surface area contributed by atoms with Crippen LogP contribution in [0.15, 0.2) is 53.6 Å². The predicted molar refractivity (Wildman–Crippen MR) is 116 cm³/mol. The third-order valence-corrected chi connectivity index (χ3v) is 5.97. The maximum absolute atomic E-state index is 12.8. The number of aryl methyl sites for hydroxylation is 3. The number of nitrogens with zero attached hydrogens (tertiary/aromatic N) is 4. The zero-order valence-electron chi connectivity index (χ0n) is 16.9. The van der Waals surface area contributed by atoms with Crippen molar-refractivity contribution in [1.29, 1.82) is 0 Å². The summed E-state index contributed by atoms with van der Waals surface area (Å²) in [4.78, 5) is 22.1. The number of hydrogen-bond acceptors (Lipinski definition) is 3. The van der Waals surface area contributed by atoms with Crippen molar-refractivity contribution in [3.8, 4) is 17.1 Å². The van der Waals surface area contributed by atoms with E-state index in [0.29, 0.717) is 5.82 Å². The average Bonchev–Trinajstić information content (AvgIpc) is 2.89. The highest BCUT2D eigenvalue weighted by molar-refractivity contribution is 5.83. The average molecular weight is 384 g/mol. The summed E-state index contributed by atoms with van der Waals surface area (Å²) in [5.41, 5.74) is 6.41. The van der Waals surface area contributed by atoms with Gasteiger partial charge in [0.15, 0.2) is 0 Å². The number of pyridine rings is 3. The first-order valence-corrected chi connectivity index (χ1v) is 10.2. The molecule has 0 bridgehead atoms. The quantitative estimate of drug-likeness (QED) is 0.483. The highest BCUT2D eigenvalue weighted by atomic mass is 16.1. The van der Waals surface area contributed by atoms with Crippen LogP contribution in [0.1, 0.15) is 36.1 Å². The zero-order valence-corrected chi connectivity index (χ0v) is 16.9. The molecule has 0 N–H and O–H groups in total. The lowest BCUT2D eigenvalue weighted by Crippen LogP contribution is -2.18. The number of rotatable bonds is 2. The molecule has 29 heavy (non-hydrogen) atoms. The van der Waals surface area contributed by atoms with Crippen LogP contribution < -0.4 is 5.56 Å². The van der Waals surface area contributed by atoms with Crippen LogP contribution in [0.25, 0.3) is 28.1 Å². The molecule has 4 heterocycles. The van der Waals surface area contributed by atoms with Crippen LogP contribution in [-0.4, -0.2) is 19.1 Å². The smallest absolute Gasteiger partial charge is 0.256 e. The van der Waals surface area contributed by atoms with Crippen molar-refractivity contribution in [3.63, 3.8) is 0 Å². The molecule has 0 aromatic carbocycles. The Hall–Kier alpha value is -3.21. The van der Waals surface area contributed by atoms with Crippen LogP contribution in [0, 0.1) is 6.92 Å². The van der Waals surface area contributed by atoms with Gasteiger partial charge in [-0.3, -0.25) is 14.3 Å². The monoisotopic (exact) mass is 384 g/mol. The standard InChI is InChI=1S/C24H24N4O/c1-16-8-10-20(25-15-16)17-12-13-28(23(29)14-17)22-11-9-19-18-6-4-3-5-7-21(18)27(2)24(19)26-22/h8-15H,3-7H2,1-2H3. The molecule has 4 aromatic heterocycles. The minimum absolute atomic E-state index is 0.104. The number of hydrogen-bond donors (Lipinski definition) is 0. The van der Waals surface area contributed by atoms with E-state index in [4.69, 9.17) is 4.98 Å². The van der Waals surface area contributed by atoms with E-state index in [1.54, 1.807) is 16.8 Å². The van der Waals surface area contributed by atoms with Gasteiger partial charge in [-0.1, -0.05) is 12.5 Å². The lowest BCUT2D eigenvalue weighted by molar-refractivity contribution is 0.697. The van der Waals surface area contributed by atoms with Crippen molar-refractivity contribution in [1.82, 2.24) is 19.1 Å². The fraction of sp³-hybridized carbons (Fsp3) is 0.292. The molecule has 0 spiro atoms. The Morgan fingerprint density at radius 3 is 2.66 bits per heavy atom. The van der Waals surface area contributed by atoms with E-state index in [9.17, 15) is 4.79 Å². The van der Waals surface area contributed by atoms with Crippen LogP contribution in [0.5, 0.6) is 0 Å². The van der Waals surface area contributed by atoms with Gasteiger partial charge in [0.1, 0.15) is 11.5 Å². The maximum Gasteiger partial charge on any atom is 0.256 e. The first-order valence-electron chi connectivity index (χ1n) is 10.2. The van der Waals surface area contributed by atoms with E-state index in [2.05, 4.69) is 22.7 Å². The third kappa shape index (κ3) is 3.07. The summed E-state index contributed by atoms with van der Waals surface area (Å²) in [6, 6.07) is 11.6. The molecule has 0 fully saturated rings. The Labute approximate surface area is 169 Å². The molecule has 0 saturated heterocycles. The van der Waals surface area contributed by atoms with E-state index >= 15 is 0 Å². The highest BCUT2D eigenvalue weighted by Gasteiger charge is 2.18. The van der Waals surface area contributed by atoms with Gasteiger partial charge in [0.2, 0.25) is 0 Å². The van der Waals surface area contributed by atoms with Crippen LogP contribution >= 0.6 is 0 Å². The topological polar surface area (TPSA) is 52.7 Å². The number of fused-ring (bicyclic) bond motifs is 3. The summed E-state index contributed by atoms with van der Waals surface area (Å²) in [6.45, 7) is 2.00. The second kappa shape index (κ2) is 6.99. The molecule has 4 aromatic rings.